The number of anilines is 2. The average Bonchev–Trinajstić information content (AvgIpc) is 2.99. The zero-order chi connectivity index (χ0) is 17.4. The van der Waals surface area contributed by atoms with Crippen molar-refractivity contribution in [2.45, 2.75) is 0 Å². The van der Waals surface area contributed by atoms with Gasteiger partial charge in [0, 0.05) is 32.7 Å². The molecule has 2 aromatic heterocycles. The number of nitrogens with zero attached hydrogens (tertiary/aromatic N) is 5. The number of halogens is 1. The summed E-state index contributed by atoms with van der Waals surface area (Å²) < 4.78 is 21.8. The van der Waals surface area contributed by atoms with Crippen LogP contribution in [0.2, 0.25) is 0 Å². The molecule has 0 spiro atoms. The third-order valence-corrected chi connectivity index (χ3v) is 4.43. The maximum atomic E-state index is 14.7. The Morgan fingerprint density at radius 2 is 2.00 bits per heavy atom. The highest BCUT2D eigenvalue weighted by molar-refractivity contribution is 5.99. The minimum atomic E-state index is -0.263. The van der Waals surface area contributed by atoms with Gasteiger partial charge >= 0.3 is 0 Å². The molecule has 0 bridgehead atoms. The third kappa shape index (κ3) is 2.68. The summed E-state index contributed by atoms with van der Waals surface area (Å²) in [6, 6.07) is 5.22. The van der Waals surface area contributed by atoms with Crippen LogP contribution >= 0.6 is 0 Å². The summed E-state index contributed by atoms with van der Waals surface area (Å²) in [6.45, 7) is 2.63. The van der Waals surface area contributed by atoms with Crippen molar-refractivity contribution in [3.8, 4) is 11.3 Å². The highest BCUT2D eigenvalue weighted by Crippen LogP contribution is 2.33. The van der Waals surface area contributed by atoms with E-state index < -0.39 is 0 Å². The highest BCUT2D eigenvalue weighted by Gasteiger charge is 2.19. The van der Waals surface area contributed by atoms with E-state index in [0.717, 1.165) is 5.39 Å². The predicted octanol–water partition coefficient (Wildman–Crippen LogP) is 2.05. The van der Waals surface area contributed by atoms with Crippen molar-refractivity contribution < 1.29 is 9.13 Å². The van der Waals surface area contributed by atoms with Crippen molar-refractivity contribution in [1.29, 1.82) is 0 Å². The van der Waals surface area contributed by atoms with Crippen LogP contribution in [-0.4, -0.2) is 53.1 Å². The van der Waals surface area contributed by atoms with Gasteiger partial charge in [0.1, 0.15) is 23.7 Å². The van der Waals surface area contributed by atoms with E-state index in [2.05, 4.69) is 20.4 Å². The molecule has 1 aliphatic rings. The average molecular weight is 342 g/mol. The van der Waals surface area contributed by atoms with Gasteiger partial charge in [-0.2, -0.15) is 5.10 Å². The smallest absolute Gasteiger partial charge is 0.163 e. The molecule has 0 atom stereocenters. The summed E-state index contributed by atoms with van der Waals surface area (Å²) in [6.07, 6.45) is 1.49. The molecule has 1 aromatic carbocycles. The van der Waals surface area contributed by atoms with E-state index in [-0.39, 0.29) is 5.82 Å². The minimum absolute atomic E-state index is 0.263. The number of nitrogens with one attached hydrogen (secondary N) is 1. The molecule has 0 saturated carbocycles. The molecule has 0 amide bonds. The molecule has 3 heterocycles. The summed E-state index contributed by atoms with van der Waals surface area (Å²) >= 11 is 0. The number of aromatic nitrogens is 4. The first-order valence-corrected chi connectivity index (χ1v) is 8.17. The zero-order valence-corrected chi connectivity index (χ0v) is 14.2. The number of fused-ring (bicyclic) bond motifs is 1. The van der Waals surface area contributed by atoms with Gasteiger partial charge in [0.2, 0.25) is 0 Å². The SMILES string of the molecule is CNc1ncnc2c1c(-c1ccc(N3CCOCC3)c(F)c1)nn2C. The Morgan fingerprint density at radius 3 is 2.72 bits per heavy atom. The predicted molar refractivity (Wildman–Crippen MR) is 94.3 cm³/mol. The van der Waals surface area contributed by atoms with Crippen LogP contribution in [0.5, 0.6) is 0 Å². The number of morpholine rings is 1. The normalized spacial score (nSPS) is 14.9. The Balaban J connectivity index is 1.80. The Hall–Kier alpha value is -2.74. The van der Waals surface area contributed by atoms with Crippen LogP contribution < -0.4 is 10.2 Å². The van der Waals surface area contributed by atoms with Crippen LogP contribution in [0.25, 0.3) is 22.3 Å². The van der Waals surface area contributed by atoms with E-state index in [0.29, 0.717) is 54.7 Å². The van der Waals surface area contributed by atoms with Crippen LogP contribution in [0, 0.1) is 5.82 Å². The first-order valence-electron chi connectivity index (χ1n) is 8.17. The minimum Gasteiger partial charge on any atom is -0.378 e. The van der Waals surface area contributed by atoms with Crippen molar-refractivity contribution in [3.63, 3.8) is 0 Å². The first-order chi connectivity index (χ1) is 12.2. The molecule has 3 aromatic rings. The van der Waals surface area contributed by atoms with Crippen LogP contribution in [0.1, 0.15) is 0 Å². The van der Waals surface area contributed by atoms with Crippen molar-refractivity contribution >= 4 is 22.5 Å². The number of rotatable bonds is 3. The number of ether oxygens (including phenoxy) is 1. The van der Waals surface area contributed by atoms with E-state index in [1.165, 1.54) is 12.4 Å². The van der Waals surface area contributed by atoms with Crippen molar-refractivity contribution in [3.05, 3.63) is 30.3 Å². The van der Waals surface area contributed by atoms with E-state index >= 15 is 0 Å². The Kier molecular flexibility index (Phi) is 3.96. The molecule has 1 saturated heterocycles. The molecule has 1 fully saturated rings. The van der Waals surface area contributed by atoms with E-state index in [4.69, 9.17) is 4.74 Å². The molecular weight excluding hydrogens is 323 g/mol. The Labute approximate surface area is 144 Å². The van der Waals surface area contributed by atoms with Crippen LogP contribution in [-0.2, 0) is 11.8 Å². The number of aryl methyl sites for hydroxylation is 1. The maximum absolute atomic E-state index is 14.7. The third-order valence-electron chi connectivity index (χ3n) is 4.43. The fraction of sp³-hybridized carbons (Fsp3) is 0.353. The molecular formula is C17H19FN6O. The van der Waals surface area contributed by atoms with Crippen molar-refractivity contribution in [2.75, 3.05) is 43.6 Å². The second-order valence-electron chi connectivity index (χ2n) is 5.91. The number of benzene rings is 1. The fourth-order valence-electron chi connectivity index (χ4n) is 3.19. The number of hydrogen-bond acceptors (Lipinski definition) is 6. The number of hydrogen-bond donors (Lipinski definition) is 1. The standard InChI is InChI=1S/C17H19FN6O/c1-19-16-14-15(22-23(2)17(14)21-10-20-16)11-3-4-13(12(18)9-11)24-5-7-25-8-6-24/h3-4,9-10H,5-8H2,1-2H3,(H,19,20,21). The van der Waals surface area contributed by atoms with Gasteiger partial charge in [-0.25, -0.2) is 19.0 Å². The molecule has 8 heteroatoms. The molecule has 1 N–H and O–H groups in total. The van der Waals surface area contributed by atoms with Gasteiger partial charge in [0.05, 0.1) is 24.3 Å². The monoisotopic (exact) mass is 342 g/mol. The van der Waals surface area contributed by atoms with E-state index in [9.17, 15) is 4.39 Å². The lowest BCUT2D eigenvalue weighted by Crippen LogP contribution is -2.36. The molecule has 1 aliphatic heterocycles. The fourth-order valence-corrected chi connectivity index (χ4v) is 3.19. The molecule has 7 nitrogen and oxygen atoms in total. The lowest BCUT2D eigenvalue weighted by atomic mass is 10.1. The van der Waals surface area contributed by atoms with Crippen molar-refractivity contribution in [2.24, 2.45) is 7.05 Å². The Morgan fingerprint density at radius 1 is 1.20 bits per heavy atom. The highest BCUT2D eigenvalue weighted by atomic mass is 19.1. The van der Waals surface area contributed by atoms with Crippen LogP contribution in [0.3, 0.4) is 0 Å². The zero-order valence-electron chi connectivity index (χ0n) is 14.2. The molecule has 0 aliphatic carbocycles. The quantitative estimate of drug-likeness (QED) is 0.786. The topological polar surface area (TPSA) is 68.1 Å². The second kappa shape index (κ2) is 6.29. The summed E-state index contributed by atoms with van der Waals surface area (Å²) in [5, 5.41) is 8.36. The lowest BCUT2D eigenvalue weighted by Gasteiger charge is -2.29. The summed E-state index contributed by atoms with van der Waals surface area (Å²) in [5.41, 5.74) is 2.66. The van der Waals surface area contributed by atoms with Gasteiger partial charge in [0.15, 0.2) is 5.65 Å². The van der Waals surface area contributed by atoms with Gasteiger partial charge in [-0.15, -0.1) is 0 Å². The first kappa shape index (κ1) is 15.8. The lowest BCUT2D eigenvalue weighted by molar-refractivity contribution is 0.122. The van der Waals surface area contributed by atoms with Gasteiger partial charge in [-0.1, -0.05) is 6.07 Å². The molecule has 0 radical (unpaired) electrons. The van der Waals surface area contributed by atoms with Gasteiger partial charge in [0.25, 0.3) is 0 Å². The summed E-state index contributed by atoms with van der Waals surface area (Å²) in [7, 11) is 3.61. The van der Waals surface area contributed by atoms with Crippen LogP contribution in [0.15, 0.2) is 24.5 Å². The van der Waals surface area contributed by atoms with Gasteiger partial charge in [-0.05, 0) is 12.1 Å². The van der Waals surface area contributed by atoms with E-state index in [1.807, 2.05) is 18.0 Å². The van der Waals surface area contributed by atoms with Crippen molar-refractivity contribution in [1.82, 2.24) is 19.7 Å². The molecule has 0 unspecified atom stereocenters. The second-order valence-corrected chi connectivity index (χ2v) is 5.91. The largest absolute Gasteiger partial charge is 0.378 e. The molecule has 25 heavy (non-hydrogen) atoms. The molecule has 4 rings (SSSR count). The maximum Gasteiger partial charge on any atom is 0.163 e. The van der Waals surface area contributed by atoms with E-state index in [1.54, 1.807) is 17.8 Å². The van der Waals surface area contributed by atoms with Gasteiger partial charge < -0.3 is 15.0 Å². The van der Waals surface area contributed by atoms with Crippen LogP contribution in [0.4, 0.5) is 15.9 Å². The van der Waals surface area contributed by atoms with Gasteiger partial charge in [-0.3, -0.25) is 0 Å². The summed E-state index contributed by atoms with van der Waals surface area (Å²) in [5.74, 6) is 0.409. The molecule has 130 valence electrons. The Bertz CT molecular complexity index is 919. The summed E-state index contributed by atoms with van der Waals surface area (Å²) in [4.78, 5) is 10.5.